The van der Waals surface area contributed by atoms with Gasteiger partial charge in [0.25, 0.3) is 0 Å². The minimum Gasteiger partial charge on any atom is -0.340 e. The van der Waals surface area contributed by atoms with E-state index in [2.05, 4.69) is 79.7 Å². The summed E-state index contributed by atoms with van der Waals surface area (Å²) in [5.74, 6) is 0. The standard InChI is InChI=1S/C15H13Br2N/c1-2-7-18-14-8-10(16)3-5-12(14)13-6-4-11(17)9-15(13)18/h3-6,8-9H,2,7H2,1H3. The van der Waals surface area contributed by atoms with Crippen LogP contribution in [0.15, 0.2) is 45.3 Å². The Hall–Kier alpha value is -0.800. The highest BCUT2D eigenvalue weighted by Crippen LogP contribution is 2.32. The Kier molecular flexibility index (Phi) is 3.20. The Bertz CT molecular complexity index is 669. The van der Waals surface area contributed by atoms with Gasteiger partial charge in [-0.05, 0) is 30.7 Å². The van der Waals surface area contributed by atoms with Gasteiger partial charge in [-0.3, -0.25) is 0 Å². The highest BCUT2D eigenvalue weighted by atomic mass is 79.9. The molecule has 0 aliphatic carbocycles. The highest BCUT2D eigenvalue weighted by Gasteiger charge is 2.10. The van der Waals surface area contributed by atoms with Gasteiger partial charge in [-0.2, -0.15) is 0 Å². The quantitative estimate of drug-likeness (QED) is 0.545. The van der Waals surface area contributed by atoms with Crippen LogP contribution >= 0.6 is 31.9 Å². The van der Waals surface area contributed by atoms with Gasteiger partial charge < -0.3 is 4.57 Å². The van der Waals surface area contributed by atoms with E-state index in [1.54, 1.807) is 0 Å². The van der Waals surface area contributed by atoms with E-state index in [-0.39, 0.29) is 0 Å². The Morgan fingerprint density at radius 3 is 1.83 bits per heavy atom. The summed E-state index contributed by atoms with van der Waals surface area (Å²) >= 11 is 7.13. The molecule has 1 nitrogen and oxygen atoms in total. The maximum absolute atomic E-state index is 3.57. The van der Waals surface area contributed by atoms with Crippen molar-refractivity contribution in [1.29, 1.82) is 0 Å². The molecule has 3 rings (SSSR count). The van der Waals surface area contributed by atoms with Crippen LogP contribution in [-0.4, -0.2) is 4.57 Å². The van der Waals surface area contributed by atoms with Crippen LogP contribution in [0.3, 0.4) is 0 Å². The lowest BCUT2D eigenvalue weighted by atomic mass is 10.2. The van der Waals surface area contributed by atoms with Crippen molar-refractivity contribution in [2.24, 2.45) is 0 Å². The summed E-state index contributed by atoms with van der Waals surface area (Å²) in [7, 11) is 0. The molecule has 0 spiro atoms. The average Bonchev–Trinajstić information content (AvgIpc) is 2.63. The van der Waals surface area contributed by atoms with Crippen LogP contribution in [0.2, 0.25) is 0 Å². The van der Waals surface area contributed by atoms with Crippen molar-refractivity contribution in [3.8, 4) is 0 Å². The lowest BCUT2D eigenvalue weighted by Gasteiger charge is -2.05. The summed E-state index contributed by atoms with van der Waals surface area (Å²) in [6, 6.07) is 13.0. The van der Waals surface area contributed by atoms with Gasteiger partial charge in [-0.15, -0.1) is 0 Å². The molecule has 0 saturated carbocycles. The summed E-state index contributed by atoms with van der Waals surface area (Å²) in [5, 5.41) is 2.66. The number of hydrogen-bond acceptors (Lipinski definition) is 0. The van der Waals surface area contributed by atoms with E-state index in [4.69, 9.17) is 0 Å². The summed E-state index contributed by atoms with van der Waals surface area (Å²) in [6.45, 7) is 3.26. The lowest BCUT2D eigenvalue weighted by Crippen LogP contribution is -1.95. The van der Waals surface area contributed by atoms with Crippen LogP contribution in [0.4, 0.5) is 0 Å². The average molecular weight is 367 g/mol. The van der Waals surface area contributed by atoms with Crippen molar-refractivity contribution in [1.82, 2.24) is 4.57 Å². The topological polar surface area (TPSA) is 4.93 Å². The number of rotatable bonds is 2. The van der Waals surface area contributed by atoms with E-state index in [1.807, 2.05) is 0 Å². The molecule has 2 aromatic carbocycles. The molecule has 0 fully saturated rings. The first-order chi connectivity index (χ1) is 8.70. The number of fused-ring (bicyclic) bond motifs is 3. The van der Waals surface area contributed by atoms with Crippen molar-refractivity contribution in [3.05, 3.63) is 45.3 Å². The van der Waals surface area contributed by atoms with Crippen LogP contribution in [0, 0.1) is 0 Å². The SMILES string of the molecule is CCCn1c2cc(Br)ccc2c2ccc(Br)cc21. The van der Waals surface area contributed by atoms with Gasteiger partial charge in [0.15, 0.2) is 0 Å². The van der Waals surface area contributed by atoms with Crippen molar-refractivity contribution in [2.75, 3.05) is 0 Å². The van der Waals surface area contributed by atoms with Crippen molar-refractivity contribution in [3.63, 3.8) is 0 Å². The fourth-order valence-electron chi connectivity index (χ4n) is 2.51. The molecular weight excluding hydrogens is 354 g/mol. The number of nitrogens with zero attached hydrogens (tertiary/aromatic N) is 1. The molecule has 0 atom stereocenters. The predicted molar refractivity (Wildman–Crippen MR) is 85.1 cm³/mol. The molecule has 0 aliphatic heterocycles. The molecule has 0 unspecified atom stereocenters. The van der Waals surface area contributed by atoms with Crippen LogP contribution in [-0.2, 0) is 6.54 Å². The number of aryl methyl sites for hydroxylation is 1. The zero-order valence-electron chi connectivity index (χ0n) is 10.1. The van der Waals surface area contributed by atoms with Gasteiger partial charge in [0.2, 0.25) is 0 Å². The minimum absolute atomic E-state index is 1.05. The third-order valence-corrected chi connectivity index (χ3v) is 4.23. The van der Waals surface area contributed by atoms with Gasteiger partial charge >= 0.3 is 0 Å². The molecule has 0 saturated heterocycles. The molecule has 1 aromatic heterocycles. The Morgan fingerprint density at radius 2 is 1.39 bits per heavy atom. The third kappa shape index (κ3) is 1.90. The molecule has 1 heterocycles. The van der Waals surface area contributed by atoms with Crippen LogP contribution in [0.25, 0.3) is 21.8 Å². The molecule has 3 aromatic rings. The fourth-order valence-corrected chi connectivity index (χ4v) is 3.20. The minimum atomic E-state index is 1.05. The fraction of sp³-hybridized carbons (Fsp3) is 0.200. The Balaban J connectivity index is 2.48. The molecule has 18 heavy (non-hydrogen) atoms. The first-order valence-corrected chi connectivity index (χ1v) is 7.66. The lowest BCUT2D eigenvalue weighted by molar-refractivity contribution is 0.724. The predicted octanol–water partition coefficient (Wildman–Crippen LogP) is 5.73. The maximum atomic E-state index is 3.57. The summed E-state index contributed by atoms with van der Waals surface area (Å²) in [5.41, 5.74) is 2.61. The Labute approximate surface area is 123 Å². The normalized spacial score (nSPS) is 11.5. The largest absolute Gasteiger partial charge is 0.340 e. The van der Waals surface area contributed by atoms with Crippen molar-refractivity contribution < 1.29 is 0 Å². The first kappa shape index (κ1) is 12.2. The maximum Gasteiger partial charge on any atom is 0.0502 e. The van der Waals surface area contributed by atoms with E-state index in [1.165, 1.54) is 21.8 Å². The smallest absolute Gasteiger partial charge is 0.0502 e. The monoisotopic (exact) mass is 365 g/mol. The number of benzene rings is 2. The van der Waals surface area contributed by atoms with E-state index in [0.29, 0.717) is 0 Å². The van der Waals surface area contributed by atoms with E-state index in [0.717, 1.165) is 21.9 Å². The van der Waals surface area contributed by atoms with Crippen molar-refractivity contribution >= 4 is 53.7 Å². The second kappa shape index (κ2) is 4.71. The molecule has 0 radical (unpaired) electrons. The summed E-state index contributed by atoms with van der Waals surface area (Å²) in [6.07, 6.45) is 1.14. The van der Waals surface area contributed by atoms with Crippen LogP contribution < -0.4 is 0 Å². The summed E-state index contributed by atoms with van der Waals surface area (Å²) in [4.78, 5) is 0. The third-order valence-electron chi connectivity index (χ3n) is 3.24. The number of aromatic nitrogens is 1. The molecule has 0 bridgehead atoms. The van der Waals surface area contributed by atoms with Gasteiger partial charge in [0.1, 0.15) is 0 Å². The van der Waals surface area contributed by atoms with Gasteiger partial charge in [0.05, 0.1) is 11.0 Å². The molecule has 0 aliphatic rings. The highest BCUT2D eigenvalue weighted by molar-refractivity contribution is 9.10. The van der Waals surface area contributed by atoms with Gasteiger partial charge in [-0.25, -0.2) is 0 Å². The molecule has 0 N–H and O–H groups in total. The second-order valence-electron chi connectivity index (χ2n) is 4.47. The zero-order valence-corrected chi connectivity index (χ0v) is 13.3. The number of hydrogen-bond donors (Lipinski definition) is 0. The first-order valence-electron chi connectivity index (χ1n) is 6.07. The molecule has 0 amide bonds. The molecule has 3 heteroatoms. The van der Waals surface area contributed by atoms with Gasteiger partial charge in [0, 0.05) is 26.3 Å². The second-order valence-corrected chi connectivity index (χ2v) is 6.31. The molecular formula is C15H13Br2N. The summed E-state index contributed by atoms with van der Waals surface area (Å²) < 4.78 is 4.67. The van der Waals surface area contributed by atoms with Crippen LogP contribution in [0.1, 0.15) is 13.3 Å². The van der Waals surface area contributed by atoms with Crippen LogP contribution in [0.5, 0.6) is 0 Å². The van der Waals surface area contributed by atoms with Gasteiger partial charge in [-0.1, -0.05) is 50.9 Å². The molecule has 92 valence electrons. The van der Waals surface area contributed by atoms with E-state index < -0.39 is 0 Å². The number of halogens is 2. The van der Waals surface area contributed by atoms with E-state index >= 15 is 0 Å². The zero-order chi connectivity index (χ0) is 12.7. The van der Waals surface area contributed by atoms with Crippen molar-refractivity contribution in [2.45, 2.75) is 19.9 Å². The van der Waals surface area contributed by atoms with E-state index in [9.17, 15) is 0 Å². The Morgan fingerprint density at radius 1 is 0.889 bits per heavy atom.